The van der Waals surface area contributed by atoms with Crippen LogP contribution in [0.25, 0.3) is 0 Å². The highest BCUT2D eigenvalue weighted by Gasteiger charge is 2.49. The molecule has 1 N–H and O–H groups in total. The van der Waals surface area contributed by atoms with E-state index in [4.69, 9.17) is 4.74 Å². The number of carbonyl (C=O) groups excluding carboxylic acids is 3. The lowest BCUT2D eigenvalue weighted by atomic mass is 10.00. The van der Waals surface area contributed by atoms with Gasteiger partial charge in [0.2, 0.25) is 5.91 Å². The quantitative estimate of drug-likeness (QED) is 0.824. The predicted octanol–water partition coefficient (Wildman–Crippen LogP) is 1.24. The fraction of sp³-hybridized carbons (Fsp3) is 0.526. The summed E-state index contributed by atoms with van der Waals surface area (Å²) in [7, 11) is 1.62. The zero-order valence-corrected chi connectivity index (χ0v) is 15.5. The Labute approximate surface area is 153 Å². The molecule has 2 heterocycles. The molecular weight excluding hydrogens is 334 g/mol. The first-order chi connectivity index (χ1) is 12.3. The Kier molecular flexibility index (Phi) is 4.89. The van der Waals surface area contributed by atoms with Crippen LogP contribution in [0, 0.1) is 6.92 Å². The van der Waals surface area contributed by atoms with Crippen molar-refractivity contribution in [3.05, 3.63) is 23.8 Å². The summed E-state index contributed by atoms with van der Waals surface area (Å²) in [6.45, 7) is 4.67. The molecule has 1 atom stereocenters. The molecular formula is C19H25N3O4. The van der Waals surface area contributed by atoms with Crippen LogP contribution in [0.5, 0.6) is 5.75 Å². The summed E-state index contributed by atoms with van der Waals surface area (Å²) < 4.78 is 5.77. The van der Waals surface area contributed by atoms with Crippen LogP contribution in [0.15, 0.2) is 18.2 Å². The molecule has 0 bridgehead atoms. The van der Waals surface area contributed by atoms with Crippen molar-refractivity contribution in [1.29, 1.82) is 0 Å². The molecule has 3 amide bonds. The second-order valence-electron chi connectivity index (χ2n) is 7.09. The number of amides is 3. The average molecular weight is 359 g/mol. The lowest BCUT2D eigenvalue weighted by Crippen LogP contribution is -2.62. The van der Waals surface area contributed by atoms with Gasteiger partial charge in [-0.15, -0.1) is 0 Å². The molecule has 0 saturated carbocycles. The summed E-state index contributed by atoms with van der Waals surface area (Å²) in [5, 5.41) is 2.58. The summed E-state index contributed by atoms with van der Waals surface area (Å²) in [6.07, 6.45) is 3.10. The van der Waals surface area contributed by atoms with Gasteiger partial charge in [0.1, 0.15) is 5.75 Å². The summed E-state index contributed by atoms with van der Waals surface area (Å²) in [6, 6.07) is 5.45. The van der Waals surface area contributed by atoms with Crippen LogP contribution < -0.4 is 15.0 Å². The van der Waals surface area contributed by atoms with Gasteiger partial charge in [-0.05, 0) is 50.8 Å². The molecule has 1 aromatic rings. The summed E-state index contributed by atoms with van der Waals surface area (Å²) in [5.74, 6) is -0.726. The Morgan fingerprint density at radius 1 is 1.23 bits per heavy atom. The molecule has 140 valence electrons. The molecule has 0 spiro atoms. The Morgan fingerprint density at radius 2 is 1.92 bits per heavy atom. The topological polar surface area (TPSA) is 79.0 Å². The standard InChI is InChI=1S/C19H25N3O4/c1-13-7-8-15-14(11-13)21(3)18(25)19(2,26-15)17(24)20-12-16(23)22-9-5-4-6-10-22/h7-8,11H,4-6,9-10,12H2,1-3H3,(H,20,24). The monoisotopic (exact) mass is 359 g/mol. The van der Waals surface area contributed by atoms with Crippen molar-refractivity contribution in [3.63, 3.8) is 0 Å². The number of hydrogen-bond acceptors (Lipinski definition) is 4. The lowest BCUT2D eigenvalue weighted by molar-refractivity contribution is -0.149. The first-order valence-corrected chi connectivity index (χ1v) is 8.97. The molecule has 7 heteroatoms. The second kappa shape index (κ2) is 6.97. The summed E-state index contributed by atoms with van der Waals surface area (Å²) in [5.41, 5.74) is -0.0732. The van der Waals surface area contributed by atoms with Crippen molar-refractivity contribution in [2.24, 2.45) is 0 Å². The summed E-state index contributed by atoms with van der Waals surface area (Å²) in [4.78, 5) is 40.9. The maximum atomic E-state index is 12.8. The molecule has 26 heavy (non-hydrogen) atoms. The van der Waals surface area contributed by atoms with Gasteiger partial charge in [0.15, 0.2) is 0 Å². The number of nitrogens with zero attached hydrogens (tertiary/aromatic N) is 2. The van der Waals surface area contributed by atoms with Crippen LogP contribution in [0.3, 0.4) is 0 Å². The number of rotatable bonds is 3. The highest BCUT2D eigenvalue weighted by atomic mass is 16.5. The van der Waals surface area contributed by atoms with Gasteiger partial charge in [0.05, 0.1) is 12.2 Å². The number of anilines is 1. The number of hydrogen-bond donors (Lipinski definition) is 1. The van der Waals surface area contributed by atoms with Gasteiger partial charge in [0.25, 0.3) is 17.4 Å². The predicted molar refractivity (Wildman–Crippen MR) is 97.1 cm³/mol. The molecule has 2 aliphatic heterocycles. The second-order valence-corrected chi connectivity index (χ2v) is 7.09. The van der Waals surface area contributed by atoms with E-state index < -0.39 is 17.4 Å². The third-order valence-electron chi connectivity index (χ3n) is 5.04. The molecule has 3 rings (SSSR count). The maximum Gasteiger partial charge on any atom is 0.280 e. The molecule has 1 unspecified atom stereocenters. The SMILES string of the molecule is Cc1ccc2c(c1)N(C)C(=O)C(C)(C(=O)NCC(=O)N1CCCCC1)O2. The van der Waals surface area contributed by atoms with Crippen LogP contribution in [-0.2, 0) is 14.4 Å². The van der Waals surface area contributed by atoms with E-state index in [1.807, 2.05) is 19.1 Å². The normalized spacial score (nSPS) is 22.5. The highest BCUT2D eigenvalue weighted by Crippen LogP contribution is 2.37. The van der Waals surface area contributed by atoms with Crippen molar-refractivity contribution in [1.82, 2.24) is 10.2 Å². The van der Waals surface area contributed by atoms with Gasteiger partial charge < -0.3 is 19.9 Å². The molecule has 0 radical (unpaired) electrons. The van der Waals surface area contributed by atoms with E-state index in [9.17, 15) is 14.4 Å². The average Bonchev–Trinajstić information content (AvgIpc) is 2.65. The minimum atomic E-state index is -1.70. The summed E-state index contributed by atoms with van der Waals surface area (Å²) >= 11 is 0. The third kappa shape index (κ3) is 3.25. The Hall–Kier alpha value is -2.57. The van der Waals surface area contributed by atoms with Crippen LogP contribution in [0.1, 0.15) is 31.7 Å². The fourth-order valence-corrected chi connectivity index (χ4v) is 3.39. The van der Waals surface area contributed by atoms with Crippen LogP contribution in [0.4, 0.5) is 5.69 Å². The Balaban J connectivity index is 1.71. The number of fused-ring (bicyclic) bond motifs is 1. The van der Waals surface area contributed by atoms with Crippen molar-refractivity contribution >= 4 is 23.4 Å². The van der Waals surface area contributed by atoms with Gasteiger partial charge >= 0.3 is 0 Å². The minimum Gasteiger partial charge on any atom is -0.466 e. The molecule has 7 nitrogen and oxygen atoms in total. The minimum absolute atomic E-state index is 0.129. The molecule has 2 aliphatic rings. The molecule has 1 fully saturated rings. The van der Waals surface area contributed by atoms with Crippen LogP contribution in [0.2, 0.25) is 0 Å². The van der Waals surface area contributed by atoms with E-state index in [1.165, 1.54) is 11.8 Å². The molecule has 1 aromatic carbocycles. The maximum absolute atomic E-state index is 12.8. The van der Waals surface area contributed by atoms with Crippen LogP contribution >= 0.6 is 0 Å². The molecule has 0 aliphatic carbocycles. The van der Waals surface area contributed by atoms with E-state index in [0.717, 1.165) is 37.9 Å². The lowest BCUT2D eigenvalue weighted by Gasteiger charge is -2.38. The van der Waals surface area contributed by atoms with E-state index in [2.05, 4.69) is 5.32 Å². The van der Waals surface area contributed by atoms with Gasteiger partial charge in [-0.3, -0.25) is 14.4 Å². The van der Waals surface area contributed by atoms with Gasteiger partial charge in [-0.2, -0.15) is 0 Å². The number of ether oxygens (including phenoxy) is 1. The number of aryl methyl sites for hydroxylation is 1. The van der Waals surface area contributed by atoms with Gasteiger partial charge in [-0.25, -0.2) is 0 Å². The van der Waals surface area contributed by atoms with Crippen LogP contribution in [-0.4, -0.2) is 54.9 Å². The Bertz CT molecular complexity index is 742. The fourth-order valence-electron chi connectivity index (χ4n) is 3.39. The van der Waals surface area contributed by atoms with E-state index in [1.54, 1.807) is 18.0 Å². The van der Waals surface area contributed by atoms with Gasteiger partial charge in [-0.1, -0.05) is 6.07 Å². The number of nitrogens with one attached hydrogen (secondary N) is 1. The van der Waals surface area contributed by atoms with Crippen molar-refractivity contribution < 1.29 is 19.1 Å². The van der Waals surface area contributed by atoms with Crippen molar-refractivity contribution in [2.75, 3.05) is 31.6 Å². The zero-order valence-electron chi connectivity index (χ0n) is 15.5. The van der Waals surface area contributed by atoms with Crippen molar-refractivity contribution in [2.45, 2.75) is 38.7 Å². The van der Waals surface area contributed by atoms with E-state index in [0.29, 0.717) is 11.4 Å². The van der Waals surface area contributed by atoms with E-state index in [-0.39, 0.29) is 12.5 Å². The first kappa shape index (κ1) is 18.2. The number of benzene rings is 1. The smallest absolute Gasteiger partial charge is 0.280 e. The molecule has 1 saturated heterocycles. The number of piperidine rings is 1. The van der Waals surface area contributed by atoms with E-state index >= 15 is 0 Å². The first-order valence-electron chi connectivity index (χ1n) is 8.97. The van der Waals surface area contributed by atoms with Crippen molar-refractivity contribution in [3.8, 4) is 5.75 Å². The number of carbonyl (C=O) groups is 3. The third-order valence-corrected chi connectivity index (χ3v) is 5.04. The van der Waals surface area contributed by atoms with Gasteiger partial charge in [0, 0.05) is 20.1 Å². The Morgan fingerprint density at radius 3 is 2.62 bits per heavy atom. The zero-order chi connectivity index (χ0) is 18.9. The molecule has 0 aromatic heterocycles. The number of likely N-dealkylation sites (N-methyl/N-ethyl adjacent to an activating group) is 1. The largest absolute Gasteiger partial charge is 0.466 e. The highest BCUT2D eigenvalue weighted by molar-refractivity contribution is 6.16. The number of likely N-dealkylation sites (tertiary alicyclic amines) is 1.